The molecule has 0 radical (unpaired) electrons. The quantitative estimate of drug-likeness (QED) is 0.748. The SMILES string of the molecule is Cc1cc(OC(C)(C)CC2(C)CC2)ccc1F. The van der Waals surface area contributed by atoms with E-state index >= 15 is 0 Å². The average Bonchev–Trinajstić information content (AvgIpc) is 2.88. The van der Waals surface area contributed by atoms with Gasteiger partial charge in [-0.15, -0.1) is 0 Å². The lowest BCUT2D eigenvalue weighted by molar-refractivity contribution is 0.0774. The van der Waals surface area contributed by atoms with E-state index in [0.29, 0.717) is 11.0 Å². The van der Waals surface area contributed by atoms with E-state index in [1.807, 2.05) is 0 Å². The van der Waals surface area contributed by atoms with Gasteiger partial charge in [0.05, 0.1) is 0 Å². The van der Waals surface area contributed by atoms with Gasteiger partial charge < -0.3 is 4.74 Å². The second-order valence-corrected chi connectivity index (χ2v) is 6.26. The fraction of sp³-hybridized carbons (Fsp3) is 0.600. The van der Waals surface area contributed by atoms with Crippen molar-refractivity contribution in [3.05, 3.63) is 29.6 Å². The van der Waals surface area contributed by atoms with Crippen molar-refractivity contribution < 1.29 is 9.13 Å². The molecule has 0 saturated heterocycles. The minimum Gasteiger partial charge on any atom is -0.488 e. The molecule has 1 aliphatic carbocycles. The van der Waals surface area contributed by atoms with Crippen LogP contribution in [0.15, 0.2) is 18.2 Å². The Labute approximate surface area is 103 Å². The van der Waals surface area contributed by atoms with E-state index in [0.717, 1.165) is 12.2 Å². The molecule has 0 amide bonds. The molecule has 1 aliphatic rings. The van der Waals surface area contributed by atoms with Gasteiger partial charge in [-0.25, -0.2) is 4.39 Å². The third-order valence-electron chi connectivity index (χ3n) is 3.48. The molecular weight excluding hydrogens is 215 g/mol. The van der Waals surface area contributed by atoms with Crippen LogP contribution in [0.25, 0.3) is 0 Å². The smallest absolute Gasteiger partial charge is 0.126 e. The summed E-state index contributed by atoms with van der Waals surface area (Å²) in [5.41, 5.74) is 0.907. The fourth-order valence-electron chi connectivity index (χ4n) is 2.45. The van der Waals surface area contributed by atoms with Crippen molar-refractivity contribution in [3.63, 3.8) is 0 Å². The lowest BCUT2D eigenvalue weighted by atomic mass is 9.92. The van der Waals surface area contributed by atoms with Gasteiger partial charge in [-0.1, -0.05) is 6.92 Å². The van der Waals surface area contributed by atoms with E-state index in [2.05, 4.69) is 20.8 Å². The van der Waals surface area contributed by atoms with Crippen molar-refractivity contribution in [2.75, 3.05) is 0 Å². The summed E-state index contributed by atoms with van der Waals surface area (Å²) in [6, 6.07) is 4.95. The minimum absolute atomic E-state index is 0.177. The second kappa shape index (κ2) is 4.01. The molecule has 1 fully saturated rings. The van der Waals surface area contributed by atoms with Gasteiger partial charge in [0, 0.05) is 0 Å². The molecule has 0 spiro atoms. The van der Waals surface area contributed by atoms with Crippen molar-refractivity contribution in [2.24, 2.45) is 5.41 Å². The first-order valence-electron chi connectivity index (χ1n) is 6.25. The number of ether oxygens (including phenoxy) is 1. The molecule has 94 valence electrons. The maximum absolute atomic E-state index is 13.2. The van der Waals surface area contributed by atoms with Crippen molar-refractivity contribution in [1.29, 1.82) is 0 Å². The normalized spacial score (nSPS) is 17.9. The van der Waals surface area contributed by atoms with Crippen LogP contribution >= 0.6 is 0 Å². The largest absolute Gasteiger partial charge is 0.488 e. The Hall–Kier alpha value is -1.05. The average molecular weight is 236 g/mol. The van der Waals surface area contributed by atoms with Gasteiger partial charge in [0.2, 0.25) is 0 Å². The van der Waals surface area contributed by atoms with Gasteiger partial charge in [-0.05, 0) is 69.2 Å². The molecule has 1 saturated carbocycles. The molecule has 2 heteroatoms. The van der Waals surface area contributed by atoms with Gasteiger partial charge in [0.25, 0.3) is 0 Å². The molecule has 0 bridgehead atoms. The van der Waals surface area contributed by atoms with Crippen LogP contribution in [0.4, 0.5) is 4.39 Å². The number of hydrogen-bond acceptors (Lipinski definition) is 1. The van der Waals surface area contributed by atoms with Gasteiger partial charge in [0.15, 0.2) is 0 Å². The number of halogens is 1. The van der Waals surface area contributed by atoms with Crippen molar-refractivity contribution in [1.82, 2.24) is 0 Å². The Balaban J connectivity index is 2.05. The van der Waals surface area contributed by atoms with Crippen LogP contribution in [0, 0.1) is 18.2 Å². The van der Waals surface area contributed by atoms with Crippen LogP contribution in [0.3, 0.4) is 0 Å². The Bertz CT molecular complexity index is 419. The number of aryl methyl sites for hydroxylation is 1. The van der Waals surface area contributed by atoms with Crippen molar-refractivity contribution in [3.8, 4) is 5.75 Å². The van der Waals surface area contributed by atoms with Crippen molar-refractivity contribution >= 4 is 0 Å². The van der Waals surface area contributed by atoms with E-state index in [-0.39, 0.29) is 11.4 Å². The molecule has 0 unspecified atom stereocenters. The minimum atomic E-state index is -0.185. The molecule has 0 aliphatic heterocycles. The van der Waals surface area contributed by atoms with E-state index in [4.69, 9.17) is 4.74 Å². The van der Waals surface area contributed by atoms with E-state index in [1.165, 1.54) is 18.9 Å². The first kappa shape index (κ1) is 12.4. The lowest BCUT2D eigenvalue weighted by Crippen LogP contribution is -2.31. The van der Waals surface area contributed by atoms with Gasteiger partial charge in [-0.2, -0.15) is 0 Å². The van der Waals surface area contributed by atoms with E-state index < -0.39 is 0 Å². The highest BCUT2D eigenvalue weighted by Crippen LogP contribution is 2.51. The molecular formula is C15H21FO. The zero-order chi connectivity index (χ0) is 12.7. The maximum atomic E-state index is 13.2. The predicted molar refractivity (Wildman–Crippen MR) is 67.8 cm³/mol. The first-order valence-corrected chi connectivity index (χ1v) is 6.25. The maximum Gasteiger partial charge on any atom is 0.126 e. The highest BCUT2D eigenvalue weighted by Gasteiger charge is 2.42. The van der Waals surface area contributed by atoms with E-state index in [9.17, 15) is 4.39 Å². The molecule has 0 aromatic heterocycles. The Kier molecular flexibility index (Phi) is 2.92. The van der Waals surface area contributed by atoms with Crippen LogP contribution in [0.5, 0.6) is 5.75 Å². The van der Waals surface area contributed by atoms with Gasteiger partial charge in [0.1, 0.15) is 17.2 Å². The molecule has 1 nitrogen and oxygen atoms in total. The van der Waals surface area contributed by atoms with Gasteiger partial charge >= 0.3 is 0 Å². The van der Waals surface area contributed by atoms with Crippen LogP contribution in [0.1, 0.15) is 45.6 Å². The Morgan fingerprint density at radius 2 is 2.00 bits per heavy atom. The van der Waals surface area contributed by atoms with Gasteiger partial charge in [-0.3, -0.25) is 0 Å². The highest BCUT2D eigenvalue weighted by molar-refractivity contribution is 5.29. The summed E-state index contributed by atoms with van der Waals surface area (Å²) < 4.78 is 19.1. The number of hydrogen-bond donors (Lipinski definition) is 0. The fourth-order valence-corrected chi connectivity index (χ4v) is 2.45. The molecule has 0 heterocycles. The first-order chi connectivity index (χ1) is 7.80. The predicted octanol–water partition coefficient (Wildman–Crippen LogP) is 4.48. The summed E-state index contributed by atoms with van der Waals surface area (Å²) in [5, 5.41) is 0. The van der Waals surface area contributed by atoms with Crippen LogP contribution < -0.4 is 4.74 Å². The summed E-state index contributed by atoms with van der Waals surface area (Å²) in [7, 11) is 0. The Morgan fingerprint density at radius 3 is 2.53 bits per heavy atom. The van der Waals surface area contributed by atoms with Crippen LogP contribution in [-0.4, -0.2) is 5.60 Å². The van der Waals surface area contributed by atoms with E-state index in [1.54, 1.807) is 19.1 Å². The molecule has 0 N–H and O–H groups in total. The molecule has 1 aromatic rings. The standard InChI is InChI=1S/C15H21FO/c1-11-9-12(5-6-13(11)16)17-14(2,3)10-15(4)7-8-15/h5-6,9H,7-8,10H2,1-4H3. The summed E-state index contributed by atoms with van der Waals surface area (Å²) in [5.74, 6) is 0.586. The van der Waals surface area contributed by atoms with Crippen molar-refractivity contribution in [2.45, 2.75) is 52.6 Å². The Morgan fingerprint density at radius 1 is 1.35 bits per heavy atom. The monoisotopic (exact) mass is 236 g/mol. The number of rotatable bonds is 4. The zero-order valence-corrected chi connectivity index (χ0v) is 11.1. The third kappa shape index (κ3) is 3.21. The summed E-state index contributed by atoms with van der Waals surface area (Å²) in [6.45, 7) is 8.27. The topological polar surface area (TPSA) is 9.23 Å². The van der Waals surface area contributed by atoms with Crippen LogP contribution in [-0.2, 0) is 0 Å². The molecule has 2 rings (SSSR count). The summed E-state index contributed by atoms with van der Waals surface area (Å²) >= 11 is 0. The molecule has 17 heavy (non-hydrogen) atoms. The molecule has 1 aromatic carbocycles. The second-order valence-electron chi connectivity index (χ2n) is 6.26. The summed E-state index contributed by atoms with van der Waals surface area (Å²) in [4.78, 5) is 0. The highest BCUT2D eigenvalue weighted by atomic mass is 19.1. The lowest BCUT2D eigenvalue weighted by Gasteiger charge is -2.29. The van der Waals surface area contributed by atoms with Crippen LogP contribution in [0.2, 0.25) is 0 Å². The molecule has 0 atom stereocenters. The summed E-state index contributed by atoms with van der Waals surface area (Å²) in [6.07, 6.45) is 3.64. The zero-order valence-electron chi connectivity index (χ0n) is 11.1. The third-order valence-corrected chi connectivity index (χ3v) is 3.48. The number of benzene rings is 1.